The first-order chi connectivity index (χ1) is 14.6. The molecule has 0 atom stereocenters. The zero-order chi connectivity index (χ0) is 20.2. The molecule has 0 aliphatic carbocycles. The molecule has 6 rings (SSSR count). The molecule has 4 heteroatoms. The molecule has 0 radical (unpaired) electrons. The van der Waals surface area contributed by atoms with Crippen LogP contribution in [0.5, 0.6) is 0 Å². The molecular weight excluding hydrogens is 415 g/mol. The maximum Gasteiger partial charge on any atom is 0.135 e. The molecule has 30 heavy (non-hydrogen) atoms. The van der Waals surface area contributed by atoms with Crippen LogP contribution < -0.4 is 0 Å². The van der Waals surface area contributed by atoms with E-state index in [9.17, 15) is 0 Å². The van der Waals surface area contributed by atoms with E-state index in [2.05, 4.69) is 36.4 Å². The summed E-state index contributed by atoms with van der Waals surface area (Å²) in [5, 5.41) is 5.74. The van der Waals surface area contributed by atoms with E-state index in [1.165, 1.54) is 0 Å². The molecule has 6 aromatic rings. The van der Waals surface area contributed by atoms with Gasteiger partial charge in [0.2, 0.25) is 0 Å². The van der Waals surface area contributed by atoms with Gasteiger partial charge in [0.15, 0.2) is 0 Å². The fourth-order valence-electron chi connectivity index (χ4n) is 3.84. The van der Waals surface area contributed by atoms with Crippen molar-refractivity contribution in [3.63, 3.8) is 0 Å². The standard InChI is InChI=1S/C26H14Cl2O2/c27-21-5-1-15(2-6-21)23-13-19-9-17-12-26-20(10-18(17)11-25(19)29-23)14-24(30-26)16-3-7-22(28)8-4-16/h1-14H. The second kappa shape index (κ2) is 6.66. The summed E-state index contributed by atoms with van der Waals surface area (Å²) in [7, 11) is 0. The summed E-state index contributed by atoms with van der Waals surface area (Å²) in [5.41, 5.74) is 3.71. The lowest BCUT2D eigenvalue weighted by molar-refractivity contribution is 0.631. The summed E-state index contributed by atoms with van der Waals surface area (Å²) in [5.74, 6) is 1.65. The lowest BCUT2D eigenvalue weighted by atomic mass is 10.1. The number of hydrogen-bond donors (Lipinski definition) is 0. The van der Waals surface area contributed by atoms with Gasteiger partial charge >= 0.3 is 0 Å². The van der Waals surface area contributed by atoms with Crippen LogP contribution in [0.15, 0.2) is 93.8 Å². The minimum Gasteiger partial charge on any atom is -0.456 e. The molecule has 2 aromatic heterocycles. The molecule has 144 valence electrons. The van der Waals surface area contributed by atoms with Crippen LogP contribution in [0.25, 0.3) is 55.4 Å². The second-order valence-electron chi connectivity index (χ2n) is 7.36. The average molecular weight is 429 g/mol. The normalized spacial score (nSPS) is 11.7. The molecule has 0 saturated heterocycles. The van der Waals surface area contributed by atoms with Gasteiger partial charge < -0.3 is 8.83 Å². The SMILES string of the molecule is Clc1ccc(-c2cc3cc4cc5oc(-c6ccc(Cl)cc6)cc5cc4cc3o2)cc1. The Labute approximate surface area is 182 Å². The number of benzene rings is 4. The van der Waals surface area contributed by atoms with Gasteiger partial charge in [0, 0.05) is 31.9 Å². The molecule has 0 spiro atoms. The summed E-state index contributed by atoms with van der Waals surface area (Å²) in [6.45, 7) is 0. The van der Waals surface area contributed by atoms with Gasteiger partial charge in [-0.05, 0) is 95.7 Å². The van der Waals surface area contributed by atoms with E-state index >= 15 is 0 Å². The molecule has 2 nitrogen and oxygen atoms in total. The van der Waals surface area contributed by atoms with E-state index in [1.54, 1.807) is 0 Å². The Bertz CT molecular complexity index is 1350. The fourth-order valence-corrected chi connectivity index (χ4v) is 4.09. The van der Waals surface area contributed by atoms with Gasteiger partial charge in [0.05, 0.1) is 0 Å². The van der Waals surface area contributed by atoms with Crippen molar-refractivity contribution >= 4 is 55.9 Å². The van der Waals surface area contributed by atoms with Crippen LogP contribution in [-0.4, -0.2) is 0 Å². The summed E-state index contributed by atoms with van der Waals surface area (Å²) in [4.78, 5) is 0. The summed E-state index contributed by atoms with van der Waals surface area (Å²) >= 11 is 12.0. The van der Waals surface area contributed by atoms with Gasteiger partial charge in [-0.1, -0.05) is 23.2 Å². The molecular formula is C26H14Cl2O2. The predicted molar refractivity (Wildman–Crippen MR) is 124 cm³/mol. The van der Waals surface area contributed by atoms with Crippen molar-refractivity contribution in [3.8, 4) is 22.6 Å². The van der Waals surface area contributed by atoms with Crippen LogP contribution in [0.3, 0.4) is 0 Å². The molecule has 2 heterocycles. The molecule has 4 aromatic carbocycles. The van der Waals surface area contributed by atoms with Crippen molar-refractivity contribution in [2.24, 2.45) is 0 Å². The molecule has 0 bridgehead atoms. The van der Waals surface area contributed by atoms with E-state index in [-0.39, 0.29) is 0 Å². The number of fused-ring (bicyclic) bond motifs is 3. The fraction of sp³-hybridized carbons (Fsp3) is 0. The first kappa shape index (κ1) is 17.6. The van der Waals surface area contributed by atoms with E-state index in [0.717, 1.165) is 55.4 Å². The lowest BCUT2D eigenvalue weighted by Crippen LogP contribution is -1.73. The van der Waals surface area contributed by atoms with Gasteiger partial charge in [-0.2, -0.15) is 0 Å². The van der Waals surface area contributed by atoms with Gasteiger partial charge in [-0.3, -0.25) is 0 Å². The van der Waals surface area contributed by atoms with Crippen molar-refractivity contribution in [2.75, 3.05) is 0 Å². The largest absolute Gasteiger partial charge is 0.456 e. The Hall–Kier alpha value is -3.20. The lowest BCUT2D eigenvalue weighted by Gasteiger charge is -1.98. The van der Waals surface area contributed by atoms with E-state index < -0.39 is 0 Å². The molecule has 0 unspecified atom stereocenters. The molecule has 0 aliphatic heterocycles. The smallest absolute Gasteiger partial charge is 0.135 e. The number of halogens is 2. The van der Waals surface area contributed by atoms with Crippen molar-refractivity contribution in [1.82, 2.24) is 0 Å². The third-order valence-corrected chi connectivity index (χ3v) is 5.87. The highest BCUT2D eigenvalue weighted by molar-refractivity contribution is 6.30. The van der Waals surface area contributed by atoms with E-state index in [0.29, 0.717) is 10.0 Å². The molecule has 0 amide bonds. The first-order valence-corrected chi connectivity index (χ1v) is 10.3. The van der Waals surface area contributed by atoms with Crippen LogP contribution in [0, 0.1) is 0 Å². The van der Waals surface area contributed by atoms with Gasteiger partial charge in [-0.25, -0.2) is 0 Å². The Morgan fingerprint density at radius 1 is 0.433 bits per heavy atom. The quantitative estimate of drug-likeness (QED) is 0.275. The molecule has 0 aliphatic rings. The molecule has 0 N–H and O–H groups in total. The minimum atomic E-state index is 0.709. The summed E-state index contributed by atoms with van der Waals surface area (Å²) < 4.78 is 12.2. The number of rotatable bonds is 2. The van der Waals surface area contributed by atoms with Gasteiger partial charge in [0.1, 0.15) is 22.7 Å². The highest BCUT2D eigenvalue weighted by Gasteiger charge is 2.11. The molecule has 0 fully saturated rings. The summed E-state index contributed by atoms with van der Waals surface area (Å²) in [6, 6.07) is 27.9. The van der Waals surface area contributed by atoms with Crippen molar-refractivity contribution in [1.29, 1.82) is 0 Å². The summed E-state index contributed by atoms with van der Waals surface area (Å²) in [6.07, 6.45) is 0. The highest BCUT2D eigenvalue weighted by Crippen LogP contribution is 2.35. The topological polar surface area (TPSA) is 26.3 Å². The van der Waals surface area contributed by atoms with Crippen LogP contribution in [0.2, 0.25) is 10.0 Å². The minimum absolute atomic E-state index is 0.709. The van der Waals surface area contributed by atoms with Gasteiger partial charge in [-0.15, -0.1) is 0 Å². The number of hydrogen-bond acceptors (Lipinski definition) is 2. The molecule has 0 saturated carbocycles. The predicted octanol–water partition coefficient (Wildman–Crippen LogP) is 8.97. The van der Waals surface area contributed by atoms with Crippen molar-refractivity contribution < 1.29 is 8.83 Å². The Morgan fingerprint density at radius 3 is 1.23 bits per heavy atom. The zero-order valence-corrected chi connectivity index (χ0v) is 17.2. The monoisotopic (exact) mass is 428 g/mol. The Balaban J connectivity index is 1.47. The van der Waals surface area contributed by atoms with Crippen molar-refractivity contribution in [2.45, 2.75) is 0 Å². The van der Waals surface area contributed by atoms with Gasteiger partial charge in [0.25, 0.3) is 0 Å². The van der Waals surface area contributed by atoms with Crippen molar-refractivity contribution in [3.05, 3.63) is 95.0 Å². The maximum absolute atomic E-state index is 6.12. The van der Waals surface area contributed by atoms with Crippen LogP contribution >= 0.6 is 23.2 Å². The van der Waals surface area contributed by atoms with Crippen LogP contribution in [0.1, 0.15) is 0 Å². The number of furan rings is 2. The average Bonchev–Trinajstić information content (AvgIpc) is 3.34. The Kier molecular flexibility index (Phi) is 3.92. The second-order valence-corrected chi connectivity index (χ2v) is 8.24. The zero-order valence-electron chi connectivity index (χ0n) is 15.7. The first-order valence-electron chi connectivity index (χ1n) is 9.55. The maximum atomic E-state index is 6.12. The highest BCUT2D eigenvalue weighted by atomic mass is 35.5. The van der Waals surface area contributed by atoms with Crippen LogP contribution in [0.4, 0.5) is 0 Å². The van der Waals surface area contributed by atoms with E-state index in [1.807, 2.05) is 48.5 Å². The Morgan fingerprint density at radius 2 is 0.833 bits per heavy atom. The van der Waals surface area contributed by atoms with E-state index in [4.69, 9.17) is 32.0 Å². The third kappa shape index (κ3) is 2.97. The van der Waals surface area contributed by atoms with Crippen LogP contribution in [-0.2, 0) is 0 Å². The third-order valence-electron chi connectivity index (χ3n) is 5.37.